The van der Waals surface area contributed by atoms with Gasteiger partial charge in [0.05, 0.1) is 18.1 Å². The normalized spacial score (nSPS) is 41.3. The van der Waals surface area contributed by atoms with Crippen molar-refractivity contribution in [3.8, 4) is 0 Å². The second kappa shape index (κ2) is 4.55. The van der Waals surface area contributed by atoms with Crippen LogP contribution in [0.4, 0.5) is 13.6 Å². The number of nitrogens with one attached hydrogen (secondary N) is 1. The lowest BCUT2D eigenvalue weighted by Crippen LogP contribution is -2.78. The average molecular weight is 330 g/mol. The molecule has 8 heteroatoms. The van der Waals surface area contributed by atoms with Crippen LogP contribution in [-0.2, 0) is 9.53 Å². The van der Waals surface area contributed by atoms with Crippen LogP contribution in [0.25, 0.3) is 0 Å². The van der Waals surface area contributed by atoms with Crippen LogP contribution in [0, 0.1) is 11.3 Å². The van der Waals surface area contributed by atoms with Crippen LogP contribution < -0.4 is 5.32 Å². The Morgan fingerprint density at radius 3 is 2.43 bits per heavy atom. The minimum Gasteiger partial charge on any atom is -0.481 e. The smallest absolute Gasteiger partial charge is 0.317 e. The third kappa shape index (κ3) is 2.29. The lowest BCUT2D eigenvalue weighted by molar-refractivity contribution is -0.197. The minimum absolute atomic E-state index is 0.168. The van der Waals surface area contributed by atoms with E-state index in [4.69, 9.17) is 9.84 Å². The average Bonchev–Trinajstić information content (AvgIpc) is 2.37. The van der Waals surface area contributed by atoms with Gasteiger partial charge >= 0.3 is 12.0 Å². The number of alkyl halides is 2. The van der Waals surface area contributed by atoms with E-state index < -0.39 is 17.3 Å². The molecular formula is C15H20F2N2O4. The predicted octanol–water partition coefficient (Wildman–Crippen LogP) is 1.45. The first-order valence-corrected chi connectivity index (χ1v) is 8.03. The van der Waals surface area contributed by atoms with Gasteiger partial charge in [-0.3, -0.25) is 4.79 Å². The predicted molar refractivity (Wildman–Crippen MR) is 74.2 cm³/mol. The van der Waals surface area contributed by atoms with Crippen molar-refractivity contribution in [1.82, 2.24) is 10.2 Å². The Balaban J connectivity index is 1.29. The number of halogens is 2. The second-order valence-corrected chi connectivity index (χ2v) is 7.71. The molecular weight excluding hydrogens is 310 g/mol. The zero-order valence-electron chi connectivity index (χ0n) is 12.7. The number of carbonyl (C=O) groups is 2. The second-order valence-electron chi connectivity index (χ2n) is 7.71. The highest BCUT2D eigenvalue weighted by Crippen LogP contribution is 2.67. The van der Waals surface area contributed by atoms with Crippen molar-refractivity contribution >= 4 is 12.0 Å². The molecule has 0 aromatic rings. The first kappa shape index (κ1) is 15.1. The highest BCUT2D eigenvalue weighted by molar-refractivity contribution is 5.83. The number of aliphatic carboxylic acids is 1. The number of ether oxygens (including phenoxy) is 1. The number of rotatable bonds is 3. The summed E-state index contributed by atoms with van der Waals surface area (Å²) in [5.74, 6) is -3.56. The molecule has 1 aliphatic heterocycles. The fraction of sp³-hybridized carbons (Fsp3) is 0.867. The third-order valence-electron chi connectivity index (χ3n) is 5.88. The first-order valence-electron chi connectivity index (χ1n) is 8.03. The number of carbonyl (C=O) groups excluding carboxylic acids is 1. The topological polar surface area (TPSA) is 78.9 Å². The van der Waals surface area contributed by atoms with Crippen molar-refractivity contribution in [2.75, 3.05) is 19.7 Å². The lowest BCUT2D eigenvalue weighted by Gasteiger charge is -2.68. The molecule has 5 fully saturated rings. The molecule has 0 aromatic carbocycles. The molecule has 5 aliphatic rings. The fourth-order valence-corrected chi connectivity index (χ4v) is 4.57. The van der Waals surface area contributed by atoms with Crippen LogP contribution in [0.2, 0.25) is 0 Å². The summed E-state index contributed by atoms with van der Waals surface area (Å²) in [5, 5.41) is 12.0. The Hall–Kier alpha value is -1.44. The van der Waals surface area contributed by atoms with Crippen LogP contribution in [0.5, 0.6) is 0 Å². The summed E-state index contributed by atoms with van der Waals surface area (Å²) >= 11 is 0. The number of carboxylic acids is 1. The molecule has 4 aliphatic carbocycles. The summed E-state index contributed by atoms with van der Waals surface area (Å²) < 4.78 is 31.5. The monoisotopic (exact) mass is 330 g/mol. The Bertz CT molecular complexity index is 540. The zero-order chi connectivity index (χ0) is 16.5. The van der Waals surface area contributed by atoms with E-state index in [9.17, 15) is 18.4 Å². The fourth-order valence-electron chi connectivity index (χ4n) is 4.57. The first-order chi connectivity index (χ1) is 10.7. The molecule has 1 saturated heterocycles. The standard InChI is InChI=1S/C15H20F2N2O4/c16-15(17)3-9(4-15)10-5-19(1-2-23-10)12(22)18-14-6-13(7-14,8-14)11(20)21/h9-10H,1-8H2,(H,18,22)(H,20,21). The van der Waals surface area contributed by atoms with Gasteiger partial charge in [0.25, 0.3) is 0 Å². The minimum atomic E-state index is -2.59. The van der Waals surface area contributed by atoms with Crippen molar-refractivity contribution < 1.29 is 28.2 Å². The largest absolute Gasteiger partial charge is 0.481 e. The van der Waals surface area contributed by atoms with Crippen molar-refractivity contribution in [3.63, 3.8) is 0 Å². The van der Waals surface area contributed by atoms with Gasteiger partial charge in [0.15, 0.2) is 0 Å². The number of amides is 2. The maximum absolute atomic E-state index is 13.0. The van der Waals surface area contributed by atoms with E-state index in [0.717, 1.165) is 0 Å². The number of hydrogen-bond acceptors (Lipinski definition) is 3. The van der Waals surface area contributed by atoms with Gasteiger partial charge < -0.3 is 20.1 Å². The molecule has 128 valence electrons. The quantitative estimate of drug-likeness (QED) is 0.821. The number of nitrogens with zero attached hydrogens (tertiary/aromatic N) is 1. The number of morpholine rings is 1. The molecule has 0 aromatic heterocycles. The van der Waals surface area contributed by atoms with Gasteiger partial charge in [0.2, 0.25) is 5.92 Å². The van der Waals surface area contributed by atoms with Gasteiger partial charge in [-0.1, -0.05) is 0 Å². The molecule has 1 heterocycles. The Morgan fingerprint density at radius 2 is 1.87 bits per heavy atom. The van der Waals surface area contributed by atoms with E-state index in [-0.39, 0.29) is 36.4 Å². The van der Waals surface area contributed by atoms with E-state index in [1.807, 2.05) is 0 Å². The highest BCUT2D eigenvalue weighted by atomic mass is 19.3. The van der Waals surface area contributed by atoms with E-state index in [1.54, 1.807) is 4.90 Å². The molecule has 5 rings (SSSR count). The molecule has 23 heavy (non-hydrogen) atoms. The number of hydrogen-bond donors (Lipinski definition) is 2. The van der Waals surface area contributed by atoms with Gasteiger partial charge in [-0.15, -0.1) is 0 Å². The van der Waals surface area contributed by atoms with Crippen LogP contribution in [0.15, 0.2) is 0 Å². The summed E-state index contributed by atoms with van der Waals surface area (Å²) in [7, 11) is 0. The molecule has 2 amide bonds. The van der Waals surface area contributed by atoms with Crippen LogP contribution >= 0.6 is 0 Å². The van der Waals surface area contributed by atoms with Crippen molar-refractivity contribution in [3.05, 3.63) is 0 Å². The van der Waals surface area contributed by atoms with E-state index in [2.05, 4.69) is 5.32 Å². The summed E-state index contributed by atoms with van der Waals surface area (Å²) in [6.45, 7) is 1.12. The molecule has 0 spiro atoms. The van der Waals surface area contributed by atoms with Crippen LogP contribution in [0.1, 0.15) is 32.1 Å². The lowest BCUT2D eigenvalue weighted by atomic mass is 9.39. The Morgan fingerprint density at radius 1 is 1.22 bits per heavy atom. The Labute approximate surface area is 132 Å². The molecule has 2 N–H and O–H groups in total. The summed E-state index contributed by atoms with van der Waals surface area (Å²) in [6, 6.07) is -0.233. The van der Waals surface area contributed by atoms with E-state index >= 15 is 0 Å². The molecule has 1 unspecified atom stereocenters. The number of carboxylic acid groups (broad SMARTS) is 1. The molecule has 2 bridgehead atoms. The summed E-state index contributed by atoms with van der Waals surface area (Å²) in [5.41, 5.74) is -0.995. The van der Waals surface area contributed by atoms with E-state index in [1.165, 1.54) is 0 Å². The SMILES string of the molecule is O=C(NC12CC(C(=O)O)(C1)C2)N1CCOC(C2CC(F)(F)C2)C1. The highest BCUT2D eigenvalue weighted by Gasteiger charge is 2.72. The molecule has 0 radical (unpaired) electrons. The maximum atomic E-state index is 13.0. The molecule has 1 atom stereocenters. The van der Waals surface area contributed by atoms with Crippen molar-refractivity contribution in [2.24, 2.45) is 11.3 Å². The Kier molecular flexibility index (Phi) is 2.99. The van der Waals surface area contributed by atoms with Gasteiger partial charge in [0, 0.05) is 31.5 Å². The molecule has 6 nitrogen and oxygen atoms in total. The van der Waals surface area contributed by atoms with Crippen LogP contribution in [-0.4, -0.2) is 59.3 Å². The van der Waals surface area contributed by atoms with Crippen molar-refractivity contribution in [2.45, 2.75) is 49.7 Å². The summed E-state index contributed by atoms with van der Waals surface area (Å²) in [6.07, 6.45) is 0.806. The molecule has 4 saturated carbocycles. The van der Waals surface area contributed by atoms with Crippen molar-refractivity contribution in [1.29, 1.82) is 0 Å². The van der Waals surface area contributed by atoms with Gasteiger partial charge in [0.1, 0.15) is 0 Å². The summed E-state index contributed by atoms with van der Waals surface area (Å²) in [4.78, 5) is 25.1. The van der Waals surface area contributed by atoms with Gasteiger partial charge in [-0.2, -0.15) is 0 Å². The van der Waals surface area contributed by atoms with Gasteiger partial charge in [-0.25, -0.2) is 13.6 Å². The van der Waals surface area contributed by atoms with Gasteiger partial charge in [-0.05, 0) is 25.2 Å². The number of urea groups is 1. The maximum Gasteiger partial charge on any atom is 0.317 e. The third-order valence-corrected chi connectivity index (χ3v) is 5.88. The van der Waals surface area contributed by atoms with Crippen LogP contribution in [0.3, 0.4) is 0 Å². The zero-order valence-corrected chi connectivity index (χ0v) is 12.7. The van der Waals surface area contributed by atoms with E-state index in [0.29, 0.717) is 39.0 Å².